The van der Waals surface area contributed by atoms with E-state index in [2.05, 4.69) is 29.0 Å². The summed E-state index contributed by atoms with van der Waals surface area (Å²) in [4.78, 5) is 13.9. The molecule has 0 fully saturated rings. The first kappa shape index (κ1) is 17.0. The van der Waals surface area contributed by atoms with Crippen LogP contribution in [-0.2, 0) is 4.74 Å². The van der Waals surface area contributed by atoms with E-state index in [0.717, 1.165) is 23.5 Å². The predicted octanol–water partition coefficient (Wildman–Crippen LogP) is 2.86. The zero-order valence-corrected chi connectivity index (χ0v) is 13.1. The average Bonchev–Trinajstić information content (AvgIpc) is 2.46. The highest BCUT2D eigenvalue weighted by Crippen LogP contribution is 2.17. The van der Waals surface area contributed by atoms with Crippen molar-refractivity contribution in [2.75, 3.05) is 43.6 Å². The number of nitrogens with zero attached hydrogens (tertiary/aromatic N) is 1. The van der Waals surface area contributed by atoms with E-state index >= 15 is 0 Å². The lowest BCUT2D eigenvalue weighted by atomic mass is 10.2. The summed E-state index contributed by atoms with van der Waals surface area (Å²) in [6.45, 7) is 10.1. The summed E-state index contributed by atoms with van der Waals surface area (Å²) in [6, 6.07) is 7.51. The Kier molecular flexibility index (Phi) is 7.32. The van der Waals surface area contributed by atoms with Gasteiger partial charge in [0.2, 0.25) is 0 Å². The molecule has 5 nitrogen and oxygen atoms in total. The van der Waals surface area contributed by atoms with Crippen molar-refractivity contribution in [2.24, 2.45) is 0 Å². The number of ether oxygens (including phenoxy) is 1. The molecule has 116 valence electrons. The highest BCUT2D eigenvalue weighted by Gasteiger charge is 2.03. The van der Waals surface area contributed by atoms with E-state index in [1.54, 1.807) is 0 Å². The van der Waals surface area contributed by atoms with Crippen LogP contribution in [0.5, 0.6) is 0 Å². The fourth-order valence-corrected chi connectivity index (χ4v) is 1.66. The lowest BCUT2D eigenvalue weighted by molar-refractivity contribution is 0.159. The molecule has 0 spiro atoms. The standard InChI is InChI=1S/C16H25N3O2/c1-5-19(4)15-8-6-7-14(11-15)18-16(20)17-9-10-21-12-13(2)3/h6-8,11H,2,5,9-10,12H2,1,3-4H3,(H2,17,18,20). The van der Waals surface area contributed by atoms with Crippen LogP contribution in [0.3, 0.4) is 0 Å². The summed E-state index contributed by atoms with van der Waals surface area (Å²) in [5.74, 6) is 0. The van der Waals surface area contributed by atoms with Gasteiger partial charge in [-0.05, 0) is 32.0 Å². The average molecular weight is 291 g/mol. The molecule has 1 aromatic rings. The van der Waals surface area contributed by atoms with E-state index in [9.17, 15) is 4.79 Å². The van der Waals surface area contributed by atoms with Crippen molar-refractivity contribution in [2.45, 2.75) is 13.8 Å². The van der Waals surface area contributed by atoms with Gasteiger partial charge in [-0.15, -0.1) is 0 Å². The van der Waals surface area contributed by atoms with Gasteiger partial charge >= 0.3 is 6.03 Å². The van der Waals surface area contributed by atoms with Crippen molar-refractivity contribution in [1.82, 2.24) is 5.32 Å². The maximum Gasteiger partial charge on any atom is 0.319 e. The Morgan fingerprint density at radius 2 is 2.19 bits per heavy atom. The molecule has 1 rings (SSSR count). The maximum absolute atomic E-state index is 11.8. The van der Waals surface area contributed by atoms with Gasteiger partial charge in [-0.1, -0.05) is 18.2 Å². The van der Waals surface area contributed by atoms with E-state index in [0.29, 0.717) is 19.8 Å². The van der Waals surface area contributed by atoms with E-state index < -0.39 is 0 Å². The smallest absolute Gasteiger partial charge is 0.319 e. The Balaban J connectivity index is 2.35. The molecular formula is C16H25N3O2. The third kappa shape index (κ3) is 6.81. The first-order valence-electron chi connectivity index (χ1n) is 7.11. The molecule has 0 atom stereocenters. The van der Waals surface area contributed by atoms with Crippen molar-refractivity contribution in [3.63, 3.8) is 0 Å². The first-order chi connectivity index (χ1) is 10.0. The van der Waals surface area contributed by atoms with Gasteiger partial charge in [0.05, 0.1) is 13.2 Å². The number of carbonyl (C=O) groups excluding carboxylic acids is 1. The van der Waals surface area contributed by atoms with Gasteiger partial charge in [-0.3, -0.25) is 0 Å². The van der Waals surface area contributed by atoms with Crippen LogP contribution in [0, 0.1) is 0 Å². The normalized spacial score (nSPS) is 10.0. The monoisotopic (exact) mass is 291 g/mol. The highest BCUT2D eigenvalue weighted by atomic mass is 16.5. The molecule has 0 aliphatic rings. The van der Waals surface area contributed by atoms with Gasteiger partial charge in [0.15, 0.2) is 0 Å². The van der Waals surface area contributed by atoms with Gasteiger partial charge in [0, 0.05) is 31.5 Å². The Morgan fingerprint density at radius 3 is 2.86 bits per heavy atom. The number of benzene rings is 1. The van der Waals surface area contributed by atoms with E-state index in [1.807, 2.05) is 38.2 Å². The summed E-state index contributed by atoms with van der Waals surface area (Å²) < 4.78 is 5.31. The molecule has 0 aliphatic carbocycles. The molecule has 0 saturated heterocycles. The molecule has 0 bridgehead atoms. The molecule has 0 unspecified atom stereocenters. The van der Waals surface area contributed by atoms with Crippen LogP contribution >= 0.6 is 0 Å². The largest absolute Gasteiger partial charge is 0.375 e. The van der Waals surface area contributed by atoms with Crippen LogP contribution in [0.15, 0.2) is 36.4 Å². The minimum absolute atomic E-state index is 0.231. The number of carbonyl (C=O) groups is 1. The topological polar surface area (TPSA) is 53.6 Å². The molecule has 2 N–H and O–H groups in total. The fourth-order valence-electron chi connectivity index (χ4n) is 1.66. The molecule has 21 heavy (non-hydrogen) atoms. The molecule has 5 heteroatoms. The van der Waals surface area contributed by atoms with E-state index in [1.165, 1.54) is 0 Å². The zero-order chi connectivity index (χ0) is 15.7. The SMILES string of the molecule is C=C(C)COCCNC(=O)Nc1cccc(N(C)CC)c1. The number of hydrogen-bond acceptors (Lipinski definition) is 3. The van der Waals surface area contributed by atoms with Crippen molar-refractivity contribution in [3.05, 3.63) is 36.4 Å². The predicted molar refractivity (Wildman–Crippen MR) is 88.0 cm³/mol. The molecule has 0 aliphatic heterocycles. The van der Waals surface area contributed by atoms with Crippen LogP contribution in [0.2, 0.25) is 0 Å². The Labute approximate surface area is 127 Å². The third-order valence-electron chi connectivity index (χ3n) is 2.90. The number of nitrogens with one attached hydrogen (secondary N) is 2. The molecule has 0 saturated carbocycles. The lowest BCUT2D eigenvalue weighted by Gasteiger charge is -2.17. The molecular weight excluding hydrogens is 266 g/mol. The van der Waals surface area contributed by atoms with Crippen molar-refractivity contribution in [1.29, 1.82) is 0 Å². The zero-order valence-electron chi connectivity index (χ0n) is 13.1. The number of hydrogen-bond donors (Lipinski definition) is 2. The fraction of sp³-hybridized carbons (Fsp3) is 0.438. The number of amides is 2. The maximum atomic E-state index is 11.8. The van der Waals surface area contributed by atoms with Gasteiger partial charge in [-0.25, -0.2) is 4.79 Å². The van der Waals surface area contributed by atoms with Crippen LogP contribution in [-0.4, -0.2) is 39.4 Å². The quantitative estimate of drug-likeness (QED) is 0.572. The molecule has 1 aromatic carbocycles. The van der Waals surface area contributed by atoms with Crippen molar-refractivity contribution < 1.29 is 9.53 Å². The van der Waals surface area contributed by atoms with E-state index in [-0.39, 0.29) is 6.03 Å². The second kappa shape index (κ2) is 9.02. The summed E-state index contributed by atoms with van der Waals surface area (Å²) in [5.41, 5.74) is 2.81. The van der Waals surface area contributed by atoms with Crippen LogP contribution in [0.25, 0.3) is 0 Å². The second-order valence-corrected chi connectivity index (χ2v) is 4.96. The number of anilines is 2. The Hall–Kier alpha value is -2.01. The summed E-state index contributed by atoms with van der Waals surface area (Å²) in [6.07, 6.45) is 0. The molecule has 0 radical (unpaired) electrons. The van der Waals surface area contributed by atoms with Crippen molar-refractivity contribution >= 4 is 17.4 Å². The minimum atomic E-state index is -0.231. The van der Waals surface area contributed by atoms with Crippen LogP contribution in [0.1, 0.15) is 13.8 Å². The summed E-state index contributed by atoms with van der Waals surface area (Å²) >= 11 is 0. The second-order valence-electron chi connectivity index (χ2n) is 4.96. The summed E-state index contributed by atoms with van der Waals surface area (Å²) in [5, 5.41) is 5.56. The highest BCUT2D eigenvalue weighted by molar-refractivity contribution is 5.89. The molecule has 0 aromatic heterocycles. The number of rotatable bonds is 8. The van der Waals surface area contributed by atoms with Gasteiger partial charge in [0.25, 0.3) is 0 Å². The molecule has 0 heterocycles. The Bertz CT molecular complexity index is 474. The van der Waals surface area contributed by atoms with Crippen molar-refractivity contribution in [3.8, 4) is 0 Å². The lowest BCUT2D eigenvalue weighted by Crippen LogP contribution is -2.31. The Morgan fingerprint density at radius 1 is 1.43 bits per heavy atom. The van der Waals surface area contributed by atoms with Gasteiger partial charge < -0.3 is 20.3 Å². The molecule has 2 amide bonds. The number of urea groups is 1. The summed E-state index contributed by atoms with van der Waals surface area (Å²) in [7, 11) is 2.01. The van der Waals surface area contributed by atoms with Gasteiger partial charge in [0.1, 0.15) is 0 Å². The van der Waals surface area contributed by atoms with E-state index in [4.69, 9.17) is 4.74 Å². The van der Waals surface area contributed by atoms with Crippen LogP contribution < -0.4 is 15.5 Å². The minimum Gasteiger partial charge on any atom is -0.375 e. The van der Waals surface area contributed by atoms with Crippen LogP contribution in [0.4, 0.5) is 16.2 Å². The van der Waals surface area contributed by atoms with Gasteiger partial charge in [-0.2, -0.15) is 0 Å². The third-order valence-corrected chi connectivity index (χ3v) is 2.90. The first-order valence-corrected chi connectivity index (χ1v) is 7.11.